The van der Waals surface area contributed by atoms with E-state index in [-0.39, 0.29) is 51.3 Å². The van der Waals surface area contributed by atoms with Crippen molar-refractivity contribution in [2.75, 3.05) is 90.7 Å². The third-order valence-electron chi connectivity index (χ3n) is 7.83. The molecule has 1 aliphatic heterocycles. The van der Waals surface area contributed by atoms with Crippen LogP contribution in [-0.2, 0) is 45.3 Å². The fraction of sp³-hybridized carbons (Fsp3) is 0.389. The number of methoxy groups -OCH3 is 1. The molecule has 0 aliphatic carbocycles. The van der Waals surface area contributed by atoms with Crippen LogP contribution in [0.3, 0.4) is 0 Å². The first-order valence-electron chi connectivity index (χ1n) is 17.0. The van der Waals surface area contributed by atoms with Gasteiger partial charge in [0.05, 0.1) is 56.2 Å². The number of nitrogens with one attached hydrogen (secondary N) is 4. The Bertz CT molecular complexity index is 1900. The molecular formula is C36H45ClFN5O10S. The van der Waals surface area contributed by atoms with Crippen LogP contribution in [0.1, 0.15) is 18.1 Å². The first-order chi connectivity index (χ1) is 25.8. The third-order valence-corrected chi connectivity index (χ3v) is 8.98. The molecule has 54 heavy (non-hydrogen) atoms. The zero-order valence-corrected chi connectivity index (χ0v) is 31.8. The van der Waals surface area contributed by atoms with E-state index in [1.165, 1.54) is 32.4 Å². The molecule has 1 heterocycles. The number of carbonyl (C=O) groups is 2. The standard InChI is InChI=1S/C36H45ClFN5O10S/c1-4-50-23-34(44)39-10-12-51-14-15-52-13-11-40-35(45)24-53-29-18-26-17-28(20-33(49-3)36(26)43(2,46)22-29)42-32-19-27(8-9-31(32)37)41-21-25-6-5-7-30(16-25)54(38,47)48/h5-9,16-20,41-42H,4,10-15,21-24H2,1-3H3,(H,39,44)(H,40,45). The van der Waals surface area contributed by atoms with Gasteiger partial charge in [0.15, 0.2) is 23.8 Å². The van der Waals surface area contributed by atoms with Crippen LogP contribution in [0.2, 0.25) is 5.02 Å². The SMILES string of the molecule is CCOCC(=O)NCCOCCOCCNC(=O)COC1=Cc2cc(Nc3cc(NCc4cccc(S(=O)(=O)F)c4)ccc3Cl)cc(OC)c2[N+](C)([O-])C1. The zero-order chi connectivity index (χ0) is 39.1. The molecule has 18 heteroatoms. The fourth-order valence-electron chi connectivity index (χ4n) is 5.36. The van der Waals surface area contributed by atoms with Gasteiger partial charge in [-0.25, -0.2) is 0 Å². The zero-order valence-electron chi connectivity index (χ0n) is 30.2. The Morgan fingerprint density at radius 1 is 0.926 bits per heavy atom. The van der Waals surface area contributed by atoms with Crippen LogP contribution < -0.4 is 30.7 Å². The van der Waals surface area contributed by atoms with Gasteiger partial charge in [-0.3, -0.25) is 9.59 Å². The lowest BCUT2D eigenvalue weighted by molar-refractivity contribution is -0.126. The van der Waals surface area contributed by atoms with Gasteiger partial charge < -0.3 is 54.8 Å². The molecule has 3 aromatic carbocycles. The Balaban J connectivity index is 1.29. The fourth-order valence-corrected chi connectivity index (χ4v) is 6.05. The first kappa shape index (κ1) is 42.3. The van der Waals surface area contributed by atoms with E-state index < -0.39 is 19.8 Å². The van der Waals surface area contributed by atoms with Crippen LogP contribution in [-0.4, -0.2) is 100 Å². The second kappa shape index (κ2) is 20.3. The number of quaternary nitrogens is 1. The van der Waals surface area contributed by atoms with Crippen molar-refractivity contribution < 1.29 is 45.6 Å². The van der Waals surface area contributed by atoms with Gasteiger partial charge in [0.25, 0.3) is 5.91 Å². The summed E-state index contributed by atoms with van der Waals surface area (Å²) >= 11 is 6.51. The second-order valence-corrected chi connectivity index (χ2v) is 13.8. The van der Waals surface area contributed by atoms with Gasteiger partial charge in [-0.2, -0.15) is 8.42 Å². The number of fused-ring (bicyclic) bond motifs is 1. The van der Waals surface area contributed by atoms with Gasteiger partial charge in [0.1, 0.15) is 13.2 Å². The number of anilines is 3. The van der Waals surface area contributed by atoms with Gasteiger partial charge in [-0.15, -0.1) is 3.89 Å². The predicted molar refractivity (Wildman–Crippen MR) is 204 cm³/mol. The molecule has 15 nitrogen and oxygen atoms in total. The molecule has 3 aromatic rings. The Morgan fingerprint density at radius 3 is 2.30 bits per heavy atom. The molecule has 1 aliphatic rings. The number of benzene rings is 3. The minimum absolute atomic E-state index is 0.0185. The highest BCUT2D eigenvalue weighted by molar-refractivity contribution is 7.86. The van der Waals surface area contributed by atoms with E-state index in [1.54, 1.807) is 42.5 Å². The summed E-state index contributed by atoms with van der Waals surface area (Å²) in [6.07, 6.45) is 1.69. The number of ether oxygens (including phenoxy) is 5. The molecule has 0 bridgehead atoms. The number of hydrogen-bond acceptors (Lipinski definition) is 12. The summed E-state index contributed by atoms with van der Waals surface area (Å²) in [6.45, 7) is 3.98. The van der Waals surface area contributed by atoms with Crippen LogP contribution in [0.4, 0.5) is 26.6 Å². The maximum absolute atomic E-state index is 13.7. The monoisotopic (exact) mass is 793 g/mol. The first-order valence-corrected chi connectivity index (χ1v) is 18.8. The highest BCUT2D eigenvalue weighted by Gasteiger charge is 2.31. The Morgan fingerprint density at radius 2 is 1.63 bits per heavy atom. The van der Waals surface area contributed by atoms with Crippen molar-refractivity contribution in [3.05, 3.63) is 81.7 Å². The summed E-state index contributed by atoms with van der Waals surface area (Å²) in [4.78, 5) is 23.5. The van der Waals surface area contributed by atoms with Crippen molar-refractivity contribution >= 4 is 62.5 Å². The highest BCUT2D eigenvalue weighted by Crippen LogP contribution is 2.43. The summed E-state index contributed by atoms with van der Waals surface area (Å²) in [5.41, 5.74) is 3.17. The lowest BCUT2D eigenvalue weighted by Gasteiger charge is -2.42. The molecule has 1 unspecified atom stereocenters. The van der Waals surface area contributed by atoms with Crippen LogP contribution in [0.5, 0.6) is 5.75 Å². The topological polar surface area (TPSA) is 186 Å². The Hall–Kier alpha value is -4.49. The number of hydrogen-bond donors (Lipinski definition) is 4. The minimum atomic E-state index is -4.83. The van der Waals surface area contributed by atoms with Crippen LogP contribution >= 0.6 is 11.6 Å². The van der Waals surface area contributed by atoms with Gasteiger partial charge in [-0.1, -0.05) is 23.7 Å². The second-order valence-electron chi connectivity index (χ2n) is 12.1. The Kier molecular flexibility index (Phi) is 15.9. The number of halogens is 2. The van der Waals surface area contributed by atoms with Crippen LogP contribution in [0, 0.1) is 5.21 Å². The van der Waals surface area contributed by atoms with Gasteiger partial charge in [0.2, 0.25) is 5.91 Å². The largest absolute Gasteiger partial charge is 0.627 e. The molecule has 0 saturated carbocycles. The summed E-state index contributed by atoms with van der Waals surface area (Å²) in [5.74, 6) is 0.0567. The third kappa shape index (κ3) is 13.1. The van der Waals surface area contributed by atoms with Gasteiger partial charge in [-0.05, 0) is 55.0 Å². The molecule has 294 valence electrons. The molecular weight excluding hydrogens is 749 g/mol. The average Bonchev–Trinajstić information content (AvgIpc) is 3.13. The van der Waals surface area contributed by atoms with Crippen molar-refractivity contribution in [2.24, 2.45) is 0 Å². The van der Waals surface area contributed by atoms with Gasteiger partial charge >= 0.3 is 10.2 Å². The minimum Gasteiger partial charge on any atom is -0.627 e. The smallest absolute Gasteiger partial charge is 0.332 e. The number of carbonyl (C=O) groups excluding carboxylic acids is 2. The molecule has 1 atom stereocenters. The Labute approximate surface area is 319 Å². The van der Waals surface area contributed by atoms with Crippen molar-refractivity contribution in [1.29, 1.82) is 0 Å². The van der Waals surface area contributed by atoms with E-state index in [4.69, 9.17) is 35.3 Å². The average molecular weight is 794 g/mol. The van der Waals surface area contributed by atoms with Crippen molar-refractivity contribution in [2.45, 2.75) is 18.4 Å². The van der Waals surface area contributed by atoms with Crippen molar-refractivity contribution in [1.82, 2.24) is 15.3 Å². The lowest BCUT2D eigenvalue weighted by atomic mass is 10.0. The predicted octanol–water partition coefficient (Wildman–Crippen LogP) is 4.47. The molecule has 0 fully saturated rings. The molecule has 0 radical (unpaired) electrons. The van der Waals surface area contributed by atoms with E-state index in [0.29, 0.717) is 83.4 Å². The molecule has 0 spiro atoms. The van der Waals surface area contributed by atoms with E-state index in [0.717, 1.165) is 0 Å². The summed E-state index contributed by atoms with van der Waals surface area (Å²) < 4.78 is 62.4. The summed E-state index contributed by atoms with van der Waals surface area (Å²) in [7, 11) is -1.90. The van der Waals surface area contributed by atoms with E-state index in [2.05, 4.69) is 21.3 Å². The summed E-state index contributed by atoms with van der Waals surface area (Å²) in [6, 6.07) is 14.2. The van der Waals surface area contributed by atoms with Crippen LogP contribution in [0.25, 0.3) is 6.08 Å². The van der Waals surface area contributed by atoms with E-state index in [9.17, 15) is 27.1 Å². The highest BCUT2D eigenvalue weighted by atomic mass is 35.5. The maximum Gasteiger partial charge on any atom is 0.332 e. The number of rotatable bonds is 22. The van der Waals surface area contributed by atoms with Crippen LogP contribution in [0.15, 0.2) is 65.3 Å². The van der Waals surface area contributed by atoms with E-state index in [1.807, 2.05) is 6.92 Å². The van der Waals surface area contributed by atoms with Gasteiger partial charge in [0, 0.05) is 49.2 Å². The lowest BCUT2D eigenvalue weighted by Crippen LogP contribution is -2.43. The van der Waals surface area contributed by atoms with Crippen molar-refractivity contribution in [3.63, 3.8) is 0 Å². The normalized spacial score (nSPS) is 15.1. The number of likely N-dealkylation sites (N-methyl/N-ethyl adjacent to an activating group) is 1. The van der Waals surface area contributed by atoms with Crippen molar-refractivity contribution in [3.8, 4) is 5.75 Å². The summed E-state index contributed by atoms with van der Waals surface area (Å²) in [5, 5.41) is 25.9. The number of hydroxylamine groups is 2. The molecule has 0 saturated heterocycles. The molecule has 2 amide bonds. The quantitative estimate of drug-likeness (QED) is 0.0485. The number of amides is 2. The molecule has 0 aromatic heterocycles. The molecule has 4 N–H and O–H groups in total. The maximum atomic E-state index is 13.7. The number of nitrogens with zero attached hydrogens (tertiary/aromatic N) is 1. The van der Waals surface area contributed by atoms with E-state index >= 15 is 0 Å². The molecule has 4 rings (SSSR count).